The first-order valence-corrected chi connectivity index (χ1v) is 8.74. The number of fused-ring (bicyclic) bond motifs is 3. The lowest BCUT2D eigenvalue weighted by atomic mass is 9.94. The second kappa shape index (κ2) is 6.56. The number of benzene rings is 3. The molecule has 0 aliphatic rings. The maximum atomic E-state index is 11.9. The Labute approximate surface area is 147 Å². The minimum atomic E-state index is 0.179. The van der Waals surface area contributed by atoms with Crippen molar-refractivity contribution in [2.75, 3.05) is 0 Å². The van der Waals surface area contributed by atoms with Gasteiger partial charge in [0.2, 0.25) is 0 Å². The number of rotatable bonds is 5. The van der Waals surface area contributed by atoms with E-state index in [2.05, 4.69) is 65.2 Å². The van der Waals surface area contributed by atoms with Crippen molar-refractivity contribution in [2.45, 2.75) is 25.8 Å². The first-order valence-electron chi connectivity index (χ1n) is 8.74. The van der Waals surface area contributed by atoms with Crippen LogP contribution in [0.1, 0.15) is 24.8 Å². The molecule has 0 saturated carbocycles. The van der Waals surface area contributed by atoms with Crippen molar-refractivity contribution >= 4 is 27.6 Å². The van der Waals surface area contributed by atoms with E-state index in [9.17, 15) is 4.79 Å². The highest BCUT2D eigenvalue weighted by atomic mass is 16.1. The van der Waals surface area contributed by atoms with Crippen LogP contribution in [0, 0.1) is 0 Å². The molecule has 124 valence electrons. The normalized spacial score (nSPS) is 12.5. The standard InChI is InChI=1S/C23H21NO/c1-17(25)15-19(18-9-3-2-4-10-18)16-24-22-13-7-5-11-20(22)21-12-6-8-14-23(21)24/h2-14,19H,15-16H2,1H3. The molecule has 0 N–H and O–H groups in total. The Morgan fingerprint density at radius 2 is 1.32 bits per heavy atom. The van der Waals surface area contributed by atoms with Crippen LogP contribution in [0.3, 0.4) is 0 Å². The van der Waals surface area contributed by atoms with E-state index >= 15 is 0 Å². The third kappa shape index (κ3) is 2.96. The zero-order chi connectivity index (χ0) is 17.2. The molecule has 0 bridgehead atoms. The van der Waals surface area contributed by atoms with Gasteiger partial charge in [0.15, 0.2) is 0 Å². The van der Waals surface area contributed by atoms with Gasteiger partial charge in [-0.2, -0.15) is 0 Å². The number of carbonyl (C=O) groups is 1. The number of carbonyl (C=O) groups excluding carboxylic acids is 1. The Kier molecular flexibility index (Phi) is 4.10. The molecule has 1 heterocycles. The molecule has 0 radical (unpaired) electrons. The van der Waals surface area contributed by atoms with Crippen LogP contribution in [0.5, 0.6) is 0 Å². The predicted octanol–water partition coefficient (Wildman–Crippen LogP) is 5.56. The van der Waals surface area contributed by atoms with E-state index in [1.54, 1.807) is 6.92 Å². The summed E-state index contributed by atoms with van der Waals surface area (Å²) in [5.41, 5.74) is 3.68. The van der Waals surface area contributed by atoms with Gasteiger partial charge in [-0.25, -0.2) is 0 Å². The molecule has 1 unspecified atom stereocenters. The van der Waals surface area contributed by atoms with Crippen LogP contribution in [0.2, 0.25) is 0 Å². The monoisotopic (exact) mass is 327 g/mol. The molecular weight excluding hydrogens is 306 g/mol. The van der Waals surface area contributed by atoms with Gasteiger partial charge in [-0.15, -0.1) is 0 Å². The molecule has 25 heavy (non-hydrogen) atoms. The number of aromatic nitrogens is 1. The van der Waals surface area contributed by atoms with Gasteiger partial charge in [0.1, 0.15) is 5.78 Å². The average Bonchev–Trinajstić information content (AvgIpc) is 2.96. The number of hydrogen-bond acceptors (Lipinski definition) is 1. The van der Waals surface area contributed by atoms with Crippen LogP contribution >= 0.6 is 0 Å². The van der Waals surface area contributed by atoms with Gasteiger partial charge in [-0.05, 0) is 24.6 Å². The molecule has 4 aromatic rings. The quantitative estimate of drug-likeness (QED) is 0.470. The largest absolute Gasteiger partial charge is 0.340 e. The second-order valence-electron chi connectivity index (χ2n) is 6.66. The second-order valence-corrected chi connectivity index (χ2v) is 6.66. The van der Waals surface area contributed by atoms with E-state index < -0.39 is 0 Å². The molecule has 1 aromatic heterocycles. The highest BCUT2D eigenvalue weighted by molar-refractivity contribution is 6.07. The first kappa shape index (κ1) is 15.6. The van der Waals surface area contributed by atoms with Crippen molar-refractivity contribution in [3.8, 4) is 0 Å². The predicted molar refractivity (Wildman–Crippen MR) is 104 cm³/mol. The number of ketones is 1. The summed E-state index contributed by atoms with van der Waals surface area (Å²) < 4.78 is 2.37. The van der Waals surface area contributed by atoms with Crippen molar-refractivity contribution in [1.29, 1.82) is 0 Å². The number of Topliss-reactive ketones (excluding diaryl/α,β-unsaturated/α-hetero) is 1. The topological polar surface area (TPSA) is 22.0 Å². The molecule has 0 aliphatic carbocycles. The van der Waals surface area contributed by atoms with Gasteiger partial charge in [0, 0.05) is 40.7 Å². The molecule has 4 rings (SSSR count). The lowest BCUT2D eigenvalue weighted by Gasteiger charge is -2.18. The van der Waals surface area contributed by atoms with E-state index in [0.717, 1.165) is 6.54 Å². The summed E-state index contributed by atoms with van der Waals surface area (Å²) in [7, 11) is 0. The Morgan fingerprint density at radius 3 is 1.88 bits per heavy atom. The van der Waals surface area contributed by atoms with E-state index in [1.807, 2.05) is 18.2 Å². The SMILES string of the molecule is CC(=O)CC(Cn1c2ccccc2c2ccccc21)c1ccccc1. The summed E-state index contributed by atoms with van der Waals surface area (Å²) in [5, 5.41) is 2.54. The van der Waals surface area contributed by atoms with E-state index in [1.165, 1.54) is 27.4 Å². The molecule has 3 aromatic carbocycles. The van der Waals surface area contributed by atoms with Crippen LogP contribution in [0.25, 0.3) is 21.8 Å². The highest BCUT2D eigenvalue weighted by Crippen LogP contribution is 2.32. The van der Waals surface area contributed by atoms with Gasteiger partial charge in [-0.3, -0.25) is 0 Å². The van der Waals surface area contributed by atoms with Gasteiger partial charge in [-0.1, -0.05) is 66.7 Å². The Bertz CT molecular complexity index is 977. The molecular formula is C23H21NO. The Balaban J connectivity index is 1.86. The maximum Gasteiger partial charge on any atom is 0.130 e. The number of hydrogen-bond donors (Lipinski definition) is 0. The zero-order valence-corrected chi connectivity index (χ0v) is 14.4. The van der Waals surface area contributed by atoms with Crippen LogP contribution in [-0.2, 0) is 11.3 Å². The number of para-hydroxylation sites is 2. The zero-order valence-electron chi connectivity index (χ0n) is 14.4. The fourth-order valence-corrected chi connectivity index (χ4v) is 3.78. The number of nitrogens with zero attached hydrogens (tertiary/aromatic N) is 1. The lowest BCUT2D eigenvalue weighted by molar-refractivity contribution is -0.117. The van der Waals surface area contributed by atoms with E-state index in [0.29, 0.717) is 6.42 Å². The van der Waals surface area contributed by atoms with Crippen LogP contribution in [-0.4, -0.2) is 10.4 Å². The third-order valence-corrected chi connectivity index (χ3v) is 4.89. The molecule has 0 saturated heterocycles. The first-order chi connectivity index (χ1) is 12.2. The molecule has 0 aliphatic heterocycles. The molecule has 0 spiro atoms. The van der Waals surface area contributed by atoms with E-state index in [4.69, 9.17) is 0 Å². The summed E-state index contributed by atoms with van der Waals surface area (Å²) >= 11 is 0. The Hall–Kier alpha value is -2.87. The van der Waals surface area contributed by atoms with Crippen molar-refractivity contribution in [1.82, 2.24) is 4.57 Å². The fraction of sp³-hybridized carbons (Fsp3) is 0.174. The van der Waals surface area contributed by atoms with Crippen LogP contribution in [0.15, 0.2) is 78.9 Å². The van der Waals surface area contributed by atoms with Gasteiger partial charge >= 0.3 is 0 Å². The summed E-state index contributed by atoms with van der Waals surface area (Å²) in [4.78, 5) is 11.9. The molecule has 0 fully saturated rings. The van der Waals surface area contributed by atoms with Crippen molar-refractivity contribution in [3.63, 3.8) is 0 Å². The summed E-state index contributed by atoms with van der Waals surface area (Å²) in [6, 6.07) is 27.4. The van der Waals surface area contributed by atoms with Crippen molar-refractivity contribution < 1.29 is 4.79 Å². The maximum absolute atomic E-state index is 11.9. The molecule has 2 nitrogen and oxygen atoms in total. The van der Waals surface area contributed by atoms with Gasteiger partial charge in [0.05, 0.1) is 0 Å². The average molecular weight is 327 g/mol. The summed E-state index contributed by atoms with van der Waals surface area (Å²) in [6.45, 7) is 2.49. The van der Waals surface area contributed by atoms with Gasteiger partial charge in [0.25, 0.3) is 0 Å². The Morgan fingerprint density at radius 1 is 0.800 bits per heavy atom. The van der Waals surface area contributed by atoms with Crippen molar-refractivity contribution in [3.05, 3.63) is 84.4 Å². The molecule has 1 atom stereocenters. The molecule has 0 amide bonds. The molecule has 2 heteroatoms. The lowest BCUT2D eigenvalue weighted by Crippen LogP contribution is -2.12. The van der Waals surface area contributed by atoms with E-state index in [-0.39, 0.29) is 11.7 Å². The smallest absolute Gasteiger partial charge is 0.130 e. The highest BCUT2D eigenvalue weighted by Gasteiger charge is 2.18. The van der Waals surface area contributed by atoms with Crippen LogP contribution in [0.4, 0.5) is 0 Å². The fourth-order valence-electron chi connectivity index (χ4n) is 3.78. The summed E-state index contributed by atoms with van der Waals surface area (Å²) in [5.74, 6) is 0.410. The minimum absolute atomic E-state index is 0.179. The van der Waals surface area contributed by atoms with Crippen LogP contribution < -0.4 is 0 Å². The third-order valence-electron chi connectivity index (χ3n) is 4.89. The summed E-state index contributed by atoms with van der Waals surface area (Å²) in [6.07, 6.45) is 0.560. The van der Waals surface area contributed by atoms with Crippen molar-refractivity contribution in [2.24, 2.45) is 0 Å². The minimum Gasteiger partial charge on any atom is -0.340 e. The van der Waals surface area contributed by atoms with Gasteiger partial charge < -0.3 is 9.36 Å².